The van der Waals surface area contributed by atoms with Crippen molar-refractivity contribution in [2.75, 3.05) is 51.3 Å². The van der Waals surface area contributed by atoms with E-state index >= 15 is 0 Å². The molecule has 2 aromatic rings. The summed E-state index contributed by atoms with van der Waals surface area (Å²) >= 11 is 4.21. The number of methoxy groups -OCH3 is 3. The Hall–Kier alpha value is -1.66. The lowest BCUT2D eigenvalue weighted by Crippen LogP contribution is -2.26. The molecule has 3 rings (SSSR count). The van der Waals surface area contributed by atoms with E-state index < -0.39 is 0 Å². The molecule has 6 heteroatoms. The molecule has 1 fully saturated rings. The summed E-state index contributed by atoms with van der Waals surface area (Å²) in [5.41, 5.74) is 2.55. The first-order valence-electron chi connectivity index (χ1n) is 9.97. The topological polar surface area (TPSA) is 30.9 Å². The molecule has 2 aromatic carbocycles. The molecule has 1 saturated heterocycles. The molecule has 0 radical (unpaired) electrons. The summed E-state index contributed by atoms with van der Waals surface area (Å²) in [4.78, 5) is 2.29. The van der Waals surface area contributed by atoms with Gasteiger partial charge in [-0.2, -0.15) is 0 Å². The van der Waals surface area contributed by atoms with Gasteiger partial charge in [-0.05, 0) is 60.6 Å². The van der Waals surface area contributed by atoms with Gasteiger partial charge in [0.15, 0.2) is 11.5 Å². The van der Waals surface area contributed by atoms with Crippen LogP contribution in [0.5, 0.6) is 17.2 Å². The minimum Gasteiger partial charge on any atom is -0.497 e. The number of anilines is 1. The highest BCUT2D eigenvalue weighted by molar-refractivity contribution is 8.18. The summed E-state index contributed by atoms with van der Waals surface area (Å²) in [6.07, 6.45) is 3.56. The van der Waals surface area contributed by atoms with Gasteiger partial charge in [-0.25, -0.2) is 0 Å². The van der Waals surface area contributed by atoms with E-state index in [4.69, 9.17) is 14.2 Å². The van der Waals surface area contributed by atoms with Crippen LogP contribution in [-0.2, 0) is 4.08 Å². The molecule has 158 valence electrons. The van der Waals surface area contributed by atoms with Crippen LogP contribution >= 0.6 is 23.5 Å². The molecule has 1 heterocycles. The number of hydrogen-bond acceptors (Lipinski definition) is 6. The van der Waals surface area contributed by atoms with E-state index in [-0.39, 0.29) is 4.08 Å². The Morgan fingerprint density at radius 3 is 2.21 bits per heavy atom. The fourth-order valence-electron chi connectivity index (χ4n) is 3.62. The molecule has 1 aliphatic rings. The van der Waals surface area contributed by atoms with Gasteiger partial charge in [0.1, 0.15) is 5.75 Å². The van der Waals surface area contributed by atoms with Crippen LogP contribution in [-0.4, -0.2) is 46.4 Å². The van der Waals surface area contributed by atoms with Gasteiger partial charge in [0, 0.05) is 25.3 Å². The summed E-state index contributed by atoms with van der Waals surface area (Å²) in [6.45, 7) is 0.995. The number of rotatable bonds is 9. The van der Waals surface area contributed by atoms with E-state index in [2.05, 4.69) is 65.8 Å². The van der Waals surface area contributed by atoms with Gasteiger partial charge in [0.25, 0.3) is 0 Å². The zero-order valence-electron chi connectivity index (χ0n) is 17.8. The number of thioether (sulfide) groups is 2. The maximum Gasteiger partial charge on any atom is 0.162 e. The summed E-state index contributed by atoms with van der Waals surface area (Å²) in [5, 5.41) is 0. The van der Waals surface area contributed by atoms with Gasteiger partial charge in [-0.1, -0.05) is 12.1 Å². The van der Waals surface area contributed by atoms with Crippen molar-refractivity contribution in [3.05, 3.63) is 48.0 Å². The van der Waals surface area contributed by atoms with Crippen molar-refractivity contribution in [2.45, 2.75) is 23.3 Å². The highest BCUT2D eigenvalue weighted by Crippen LogP contribution is 2.53. The molecule has 0 N–H and O–H groups in total. The maximum atomic E-state index is 5.45. The van der Waals surface area contributed by atoms with Crippen molar-refractivity contribution >= 4 is 29.2 Å². The smallest absolute Gasteiger partial charge is 0.162 e. The molecule has 0 unspecified atom stereocenters. The van der Waals surface area contributed by atoms with Crippen molar-refractivity contribution in [3.63, 3.8) is 0 Å². The van der Waals surface area contributed by atoms with E-state index in [0.29, 0.717) is 0 Å². The molecule has 0 aromatic heterocycles. The van der Waals surface area contributed by atoms with Gasteiger partial charge < -0.3 is 19.1 Å². The predicted molar refractivity (Wildman–Crippen MR) is 126 cm³/mol. The van der Waals surface area contributed by atoms with Gasteiger partial charge in [0.05, 0.1) is 25.4 Å². The lowest BCUT2D eigenvalue weighted by molar-refractivity contribution is 0.355. The number of nitrogens with zero attached hydrogens (tertiary/aromatic N) is 1. The predicted octanol–water partition coefficient (Wildman–Crippen LogP) is 5.65. The fraction of sp³-hybridized carbons (Fsp3) is 0.478. The van der Waals surface area contributed by atoms with Crippen molar-refractivity contribution in [2.24, 2.45) is 0 Å². The van der Waals surface area contributed by atoms with E-state index in [1.807, 2.05) is 12.1 Å². The molecule has 1 aliphatic heterocycles. The Morgan fingerprint density at radius 1 is 0.897 bits per heavy atom. The minimum atomic E-state index is 0.142. The first-order valence-corrected chi connectivity index (χ1v) is 11.9. The first kappa shape index (κ1) is 22.0. The maximum absolute atomic E-state index is 5.45. The van der Waals surface area contributed by atoms with Crippen molar-refractivity contribution in [3.8, 4) is 17.2 Å². The first-order chi connectivity index (χ1) is 14.1. The Balaban J connectivity index is 1.67. The Morgan fingerprint density at radius 2 is 1.59 bits per heavy atom. The Kier molecular flexibility index (Phi) is 7.90. The van der Waals surface area contributed by atoms with Crippen LogP contribution in [0.25, 0.3) is 0 Å². The quantitative estimate of drug-likeness (QED) is 0.508. The Labute approximate surface area is 183 Å². The Bertz CT molecular complexity index is 776. The van der Waals surface area contributed by atoms with Crippen molar-refractivity contribution in [1.29, 1.82) is 0 Å². The molecule has 0 bridgehead atoms. The van der Waals surface area contributed by atoms with E-state index in [1.165, 1.54) is 23.5 Å². The third-order valence-corrected chi connectivity index (χ3v) is 8.80. The average molecular weight is 434 g/mol. The van der Waals surface area contributed by atoms with E-state index in [1.54, 1.807) is 21.3 Å². The van der Waals surface area contributed by atoms with Crippen LogP contribution in [0.2, 0.25) is 0 Å². The molecule has 29 heavy (non-hydrogen) atoms. The third kappa shape index (κ3) is 5.28. The van der Waals surface area contributed by atoms with Crippen LogP contribution in [0.1, 0.15) is 24.8 Å². The highest BCUT2D eigenvalue weighted by atomic mass is 32.2. The third-order valence-electron chi connectivity index (χ3n) is 5.30. The summed E-state index contributed by atoms with van der Waals surface area (Å²) in [6, 6.07) is 14.7. The number of ether oxygens (including phenoxy) is 3. The minimum absolute atomic E-state index is 0.142. The molecule has 0 aliphatic carbocycles. The van der Waals surface area contributed by atoms with Crippen LogP contribution < -0.4 is 19.1 Å². The van der Waals surface area contributed by atoms with Crippen LogP contribution in [0.4, 0.5) is 5.69 Å². The standard InChI is InChI=1S/C23H31NO3S2/c1-24(19-9-12-21(26-3)22(17-19)27-4)14-5-13-23(28-15-6-16-29-23)18-7-10-20(25-2)11-8-18/h7-12,17H,5-6,13-16H2,1-4H3. The zero-order valence-corrected chi connectivity index (χ0v) is 19.4. The molecule has 4 nitrogen and oxygen atoms in total. The lowest BCUT2D eigenvalue weighted by atomic mass is 10.1. The number of hydrogen-bond donors (Lipinski definition) is 0. The fourth-order valence-corrected chi connectivity index (χ4v) is 7.05. The van der Waals surface area contributed by atoms with Crippen LogP contribution in [0, 0.1) is 0 Å². The molecular formula is C23H31NO3S2. The summed E-state index contributed by atoms with van der Waals surface area (Å²) in [5.74, 6) is 4.90. The van der Waals surface area contributed by atoms with Crippen LogP contribution in [0.3, 0.4) is 0 Å². The monoisotopic (exact) mass is 433 g/mol. The largest absolute Gasteiger partial charge is 0.497 e. The van der Waals surface area contributed by atoms with E-state index in [9.17, 15) is 0 Å². The van der Waals surface area contributed by atoms with Gasteiger partial charge in [-0.3, -0.25) is 0 Å². The van der Waals surface area contributed by atoms with Gasteiger partial charge in [0.2, 0.25) is 0 Å². The van der Waals surface area contributed by atoms with Gasteiger partial charge in [-0.15, -0.1) is 23.5 Å². The van der Waals surface area contributed by atoms with E-state index in [0.717, 1.165) is 42.3 Å². The SMILES string of the molecule is COc1ccc(C2(CCCN(C)c3ccc(OC)c(OC)c3)SCCCS2)cc1. The molecule has 0 spiro atoms. The molecule has 0 atom stereocenters. The van der Waals surface area contributed by atoms with Crippen molar-refractivity contribution < 1.29 is 14.2 Å². The van der Waals surface area contributed by atoms with Gasteiger partial charge >= 0.3 is 0 Å². The van der Waals surface area contributed by atoms with Crippen molar-refractivity contribution in [1.82, 2.24) is 0 Å². The normalized spacial score (nSPS) is 15.6. The molecule has 0 saturated carbocycles. The highest BCUT2D eigenvalue weighted by Gasteiger charge is 2.35. The molecular weight excluding hydrogens is 402 g/mol. The second-order valence-corrected chi connectivity index (χ2v) is 10.1. The second kappa shape index (κ2) is 10.4. The summed E-state index contributed by atoms with van der Waals surface area (Å²) < 4.78 is 16.3. The summed E-state index contributed by atoms with van der Waals surface area (Å²) in [7, 11) is 7.21. The van der Waals surface area contributed by atoms with Crippen LogP contribution in [0.15, 0.2) is 42.5 Å². The number of benzene rings is 2. The average Bonchev–Trinajstić information content (AvgIpc) is 2.79. The molecule has 0 amide bonds. The zero-order chi connectivity index (χ0) is 20.7. The lowest BCUT2D eigenvalue weighted by Gasteiger charge is -2.37. The second-order valence-electron chi connectivity index (χ2n) is 7.10.